The number of thioether (sulfide) groups is 1. The molecule has 0 aromatic heterocycles. The van der Waals surface area contributed by atoms with Gasteiger partial charge in [-0.2, -0.15) is 11.8 Å². The van der Waals surface area contributed by atoms with Gasteiger partial charge < -0.3 is 10.4 Å². The van der Waals surface area contributed by atoms with Crippen molar-refractivity contribution in [3.63, 3.8) is 0 Å². The van der Waals surface area contributed by atoms with Gasteiger partial charge >= 0.3 is 0 Å². The molecule has 0 spiro atoms. The molecule has 1 rings (SSSR count). The van der Waals surface area contributed by atoms with Crippen LogP contribution in [-0.4, -0.2) is 29.4 Å². The van der Waals surface area contributed by atoms with Crippen molar-refractivity contribution in [1.82, 2.24) is 5.32 Å². The Bertz CT molecular complexity index is 416. The largest absolute Gasteiger partial charge is 0.388 e. The van der Waals surface area contributed by atoms with E-state index < -0.39 is 5.60 Å². The van der Waals surface area contributed by atoms with Crippen LogP contribution in [0.4, 0.5) is 0 Å². The van der Waals surface area contributed by atoms with E-state index in [0.29, 0.717) is 24.9 Å². The maximum absolute atomic E-state index is 12.1. The molecule has 0 saturated carbocycles. The molecule has 0 aliphatic carbocycles. The van der Waals surface area contributed by atoms with Gasteiger partial charge in [0.1, 0.15) is 0 Å². The first-order valence-electron chi connectivity index (χ1n) is 6.63. The van der Waals surface area contributed by atoms with Gasteiger partial charge in [0.15, 0.2) is 0 Å². The highest BCUT2D eigenvalue weighted by molar-refractivity contribution is 7.97. The molecule has 0 saturated heterocycles. The molecule has 1 aromatic rings. The molecular formula is C15H23NO2S. The van der Waals surface area contributed by atoms with Crippen LogP contribution in [0.25, 0.3) is 0 Å². The maximum atomic E-state index is 12.1. The molecule has 0 fully saturated rings. The molecule has 0 unspecified atom stereocenters. The minimum atomic E-state index is -0.799. The summed E-state index contributed by atoms with van der Waals surface area (Å²) >= 11 is 1.73. The summed E-state index contributed by atoms with van der Waals surface area (Å²) in [7, 11) is 0. The molecule has 19 heavy (non-hydrogen) atoms. The molecule has 2 N–H and O–H groups in total. The van der Waals surface area contributed by atoms with Crippen LogP contribution in [0.1, 0.15) is 42.6 Å². The molecule has 0 aliphatic heterocycles. The Morgan fingerprint density at radius 1 is 1.37 bits per heavy atom. The van der Waals surface area contributed by atoms with E-state index in [9.17, 15) is 9.90 Å². The predicted octanol–water partition coefficient (Wildman–Crippen LogP) is 2.83. The SMILES string of the molecule is CCC(O)(CC)CNC(=O)c1cccc(CSC)c1. The van der Waals surface area contributed by atoms with E-state index in [-0.39, 0.29) is 5.91 Å². The number of carbonyl (C=O) groups is 1. The van der Waals surface area contributed by atoms with Crippen LogP contribution in [0.2, 0.25) is 0 Å². The fourth-order valence-corrected chi connectivity index (χ4v) is 2.33. The van der Waals surface area contributed by atoms with Crippen molar-refractivity contribution in [1.29, 1.82) is 0 Å². The molecule has 0 aliphatic rings. The number of hydrogen-bond acceptors (Lipinski definition) is 3. The normalized spacial score (nSPS) is 11.4. The van der Waals surface area contributed by atoms with E-state index >= 15 is 0 Å². The second-order valence-corrected chi connectivity index (χ2v) is 5.61. The lowest BCUT2D eigenvalue weighted by Gasteiger charge is -2.25. The summed E-state index contributed by atoms with van der Waals surface area (Å²) < 4.78 is 0. The Morgan fingerprint density at radius 3 is 2.63 bits per heavy atom. The van der Waals surface area contributed by atoms with Crippen LogP contribution in [-0.2, 0) is 5.75 Å². The minimum absolute atomic E-state index is 0.122. The first kappa shape index (κ1) is 16.1. The van der Waals surface area contributed by atoms with Gasteiger partial charge in [-0.3, -0.25) is 4.79 Å². The van der Waals surface area contributed by atoms with E-state index in [0.717, 1.165) is 11.3 Å². The number of amides is 1. The molecule has 0 atom stereocenters. The standard InChI is InChI=1S/C15H23NO2S/c1-4-15(18,5-2)11-16-14(17)13-8-6-7-12(9-13)10-19-3/h6-9,18H,4-5,10-11H2,1-3H3,(H,16,17). The van der Waals surface area contributed by atoms with Crippen LogP contribution in [0.15, 0.2) is 24.3 Å². The third-order valence-corrected chi connectivity index (χ3v) is 4.02. The van der Waals surface area contributed by atoms with Gasteiger partial charge in [-0.15, -0.1) is 0 Å². The van der Waals surface area contributed by atoms with Crippen LogP contribution < -0.4 is 5.32 Å². The molecule has 1 amide bonds. The third-order valence-electron chi connectivity index (χ3n) is 3.39. The quantitative estimate of drug-likeness (QED) is 0.808. The summed E-state index contributed by atoms with van der Waals surface area (Å²) in [6.07, 6.45) is 3.31. The highest BCUT2D eigenvalue weighted by Crippen LogP contribution is 2.14. The smallest absolute Gasteiger partial charge is 0.251 e. The first-order chi connectivity index (χ1) is 9.04. The molecule has 0 bridgehead atoms. The minimum Gasteiger partial charge on any atom is -0.388 e. The monoisotopic (exact) mass is 281 g/mol. The van der Waals surface area contributed by atoms with Gasteiger partial charge in [0.25, 0.3) is 5.91 Å². The van der Waals surface area contributed by atoms with Crippen LogP contribution in [0.5, 0.6) is 0 Å². The summed E-state index contributed by atoms with van der Waals surface area (Å²) in [6, 6.07) is 7.62. The zero-order valence-electron chi connectivity index (χ0n) is 11.9. The predicted molar refractivity (Wildman–Crippen MR) is 81.5 cm³/mol. The van der Waals surface area contributed by atoms with Gasteiger partial charge in [-0.05, 0) is 36.8 Å². The molecule has 3 nitrogen and oxygen atoms in total. The van der Waals surface area contributed by atoms with Crippen molar-refractivity contribution in [3.05, 3.63) is 35.4 Å². The van der Waals surface area contributed by atoms with Crippen LogP contribution >= 0.6 is 11.8 Å². The lowest BCUT2D eigenvalue weighted by atomic mass is 9.97. The Morgan fingerprint density at radius 2 is 2.05 bits per heavy atom. The van der Waals surface area contributed by atoms with Gasteiger partial charge in [-0.1, -0.05) is 26.0 Å². The fraction of sp³-hybridized carbons (Fsp3) is 0.533. The third kappa shape index (κ3) is 4.88. The average Bonchev–Trinajstić information content (AvgIpc) is 2.45. The van der Waals surface area contributed by atoms with Crippen molar-refractivity contribution in [2.75, 3.05) is 12.8 Å². The van der Waals surface area contributed by atoms with Crippen LogP contribution in [0.3, 0.4) is 0 Å². The van der Waals surface area contributed by atoms with Gasteiger partial charge in [0.05, 0.1) is 5.60 Å². The van der Waals surface area contributed by atoms with E-state index in [1.165, 1.54) is 0 Å². The number of rotatable bonds is 7. The molecule has 106 valence electrons. The fourth-order valence-electron chi connectivity index (χ4n) is 1.82. The summed E-state index contributed by atoms with van der Waals surface area (Å²) in [5.74, 6) is 0.776. The zero-order chi connectivity index (χ0) is 14.3. The van der Waals surface area contributed by atoms with Crippen LogP contribution in [0, 0.1) is 0 Å². The van der Waals surface area contributed by atoms with Crippen molar-refractivity contribution < 1.29 is 9.90 Å². The average molecular weight is 281 g/mol. The zero-order valence-corrected chi connectivity index (χ0v) is 12.7. The Labute approximate surface area is 119 Å². The maximum Gasteiger partial charge on any atom is 0.251 e. The molecule has 0 heterocycles. The number of hydrogen-bond donors (Lipinski definition) is 2. The second-order valence-electron chi connectivity index (χ2n) is 4.75. The lowest BCUT2D eigenvalue weighted by Crippen LogP contribution is -2.42. The molecule has 0 radical (unpaired) electrons. The van der Waals surface area contributed by atoms with Gasteiger partial charge in [0.2, 0.25) is 0 Å². The molecular weight excluding hydrogens is 258 g/mol. The van der Waals surface area contributed by atoms with E-state index in [1.807, 2.05) is 38.3 Å². The summed E-state index contributed by atoms with van der Waals surface area (Å²) in [4.78, 5) is 12.1. The van der Waals surface area contributed by atoms with Crippen molar-refractivity contribution >= 4 is 17.7 Å². The number of carbonyl (C=O) groups excluding carboxylic acids is 1. The van der Waals surface area contributed by atoms with E-state index in [1.54, 1.807) is 17.8 Å². The van der Waals surface area contributed by atoms with Crippen molar-refractivity contribution in [2.45, 2.75) is 38.0 Å². The summed E-state index contributed by atoms with van der Waals surface area (Å²) in [5.41, 5.74) is 0.995. The Hall–Kier alpha value is -1.00. The van der Waals surface area contributed by atoms with Crippen molar-refractivity contribution in [2.24, 2.45) is 0 Å². The number of nitrogens with one attached hydrogen (secondary N) is 1. The summed E-state index contributed by atoms with van der Waals surface area (Å²) in [5, 5.41) is 13.0. The Kier molecular flexibility index (Phi) is 6.38. The number of aliphatic hydroxyl groups is 1. The van der Waals surface area contributed by atoms with E-state index in [2.05, 4.69) is 5.32 Å². The first-order valence-corrected chi connectivity index (χ1v) is 8.02. The Balaban J connectivity index is 2.65. The summed E-state index contributed by atoms with van der Waals surface area (Å²) in [6.45, 7) is 4.15. The van der Waals surface area contributed by atoms with E-state index in [4.69, 9.17) is 0 Å². The topological polar surface area (TPSA) is 49.3 Å². The second kappa shape index (κ2) is 7.56. The lowest BCUT2D eigenvalue weighted by molar-refractivity contribution is 0.0314. The highest BCUT2D eigenvalue weighted by Gasteiger charge is 2.22. The molecule has 4 heteroatoms. The molecule has 1 aromatic carbocycles. The number of benzene rings is 1. The van der Waals surface area contributed by atoms with Gasteiger partial charge in [0, 0.05) is 17.9 Å². The highest BCUT2D eigenvalue weighted by atomic mass is 32.2. The van der Waals surface area contributed by atoms with Gasteiger partial charge in [-0.25, -0.2) is 0 Å². The van der Waals surface area contributed by atoms with Crippen molar-refractivity contribution in [3.8, 4) is 0 Å².